The first-order valence-electron chi connectivity index (χ1n) is 5.62. The van der Waals surface area contributed by atoms with Gasteiger partial charge in [-0.25, -0.2) is 0 Å². The molecule has 1 aromatic carbocycles. The van der Waals surface area contributed by atoms with Gasteiger partial charge < -0.3 is 14.2 Å². The lowest BCUT2D eigenvalue weighted by atomic mass is 10.2. The Bertz CT molecular complexity index is 362. The summed E-state index contributed by atoms with van der Waals surface area (Å²) in [7, 11) is 1.60. The second kappa shape index (κ2) is 6.78. The van der Waals surface area contributed by atoms with Crippen molar-refractivity contribution in [3.8, 4) is 11.5 Å². The van der Waals surface area contributed by atoms with Crippen LogP contribution in [0, 0.1) is 0 Å². The summed E-state index contributed by atoms with van der Waals surface area (Å²) in [6.45, 7) is 4.01. The number of ether oxygens (including phenoxy) is 3. The molecule has 1 rings (SSSR count). The van der Waals surface area contributed by atoms with Gasteiger partial charge in [-0.3, -0.25) is 4.79 Å². The molecule has 0 aliphatic heterocycles. The first-order chi connectivity index (χ1) is 8.15. The van der Waals surface area contributed by atoms with E-state index in [4.69, 9.17) is 14.2 Å². The maximum atomic E-state index is 11.2. The third-order valence-corrected chi connectivity index (χ3v) is 2.14. The zero-order valence-electron chi connectivity index (χ0n) is 10.4. The molecule has 0 radical (unpaired) electrons. The minimum atomic E-state index is -0.247. The fourth-order valence-electron chi connectivity index (χ4n) is 1.40. The summed E-state index contributed by atoms with van der Waals surface area (Å²) in [5.41, 5.74) is 0. The summed E-state index contributed by atoms with van der Waals surface area (Å²) < 4.78 is 15.5. The molecule has 0 amide bonds. The molecule has 1 atom stereocenters. The SMILES string of the molecule is CCOC(=O)CC(C)Oc1cccc(OC)c1. The second-order valence-corrected chi connectivity index (χ2v) is 3.62. The molecule has 1 aromatic rings. The normalized spacial score (nSPS) is 11.7. The van der Waals surface area contributed by atoms with Crippen LogP contribution in [0.5, 0.6) is 11.5 Å². The van der Waals surface area contributed by atoms with E-state index in [-0.39, 0.29) is 18.5 Å². The van der Waals surface area contributed by atoms with Gasteiger partial charge in [-0.1, -0.05) is 6.07 Å². The van der Waals surface area contributed by atoms with Crippen LogP contribution in [0.4, 0.5) is 0 Å². The van der Waals surface area contributed by atoms with Crippen molar-refractivity contribution in [2.75, 3.05) is 13.7 Å². The maximum absolute atomic E-state index is 11.2. The number of esters is 1. The van der Waals surface area contributed by atoms with Gasteiger partial charge in [0.1, 0.15) is 17.6 Å². The van der Waals surface area contributed by atoms with Crippen LogP contribution < -0.4 is 9.47 Å². The molecule has 17 heavy (non-hydrogen) atoms. The van der Waals surface area contributed by atoms with Crippen LogP contribution in [-0.2, 0) is 9.53 Å². The molecule has 0 aromatic heterocycles. The van der Waals surface area contributed by atoms with Crippen molar-refractivity contribution in [2.24, 2.45) is 0 Å². The molecule has 0 heterocycles. The first kappa shape index (κ1) is 13.4. The van der Waals surface area contributed by atoms with Gasteiger partial charge in [-0.2, -0.15) is 0 Å². The summed E-state index contributed by atoms with van der Waals surface area (Å²) in [5.74, 6) is 1.16. The van der Waals surface area contributed by atoms with Gasteiger partial charge >= 0.3 is 5.97 Å². The van der Waals surface area contributed by atoms with E-state index in [1.165, 1.54) is 0 Å². The Hall–Kier alpha value is -1.71. The van der Waals surface area contributed by atoms with Gasteiger partial charge in [0.25, 0.3) is 0 Å². The molecule has 0 aliphatic carbocycles. The lowest BCUT2D eigenvalue weighted by Crippen LogP contribution is -2.18. The number of hydrogen-bond donors (Lipinski definition) is 0. The molecule has 0 saturated carbocycles. The summed E-state index contributed by atoms with van der Waals surface area (Å²) in [6.07, 6.45) is 0.0200. The molecule has 0 bridgehead atoms. The Morgan fingerprint density at radius 3 is 2.71 bits per heavy atom. The third kappa shape index (κ3) is 4.76. The molecule has 1 unspecified atom stereocenters. The van der Waals surface area contributed by atoms with Crippen molar-refractivity contribution in [3.05, 3.63) is 24.3 Å². The average molecular weight is 238 g/mol. The summed E-state index contributed by atoms with van der Waals surface area (Å²) in [4.78, 5) is 11.2. The molecule has 0 saturated heterocycles. The van der Waals surface area contributed by atoms with Crippen LogP contribution in [0.2, 0.25) is 0 Å². The Morgan fingerprint density at radius 1 is 1.35 bits per heavy atom. The number of methoxy groups -OCH3 is 1. The van der Waals surface area contributed by atoms with Gasteiger partial charge in [0, 0.05) is 6.07 Å². The van der Waals surface area contributed by atoms with Crippen molar-refractivity contribution < 1.29 is 19.0 Å². The van der Waals surface area contributed by atoms with Crippen LogP contribution in [0.3, 0.4) is 0 Å². The van der Waals surface area contributed by atoms with Crippen molar-refractivity contribution in [2.45, 2.75) is 26.4 Å². The highest BCUT2D eigenvalue weighted by atomic mass is 16.5. The van der Waals surface area contributed by atoms with Crippen LogP contribution in [0.25, 0.3) is 0 Å². The van der Waals surface area contributed by atoms with E-state index < -0.39 is 0 Å². The molecule has 4 nitrogen and oxygen atoms in total. The third-order valence-electron chi connectivity index (χ3n) is 2.14. The minimum Gasteiger partial charge on any atom is -0.497 e. The average Bonchev–Trinajstić information content (AvgIpc) is 2.29. The van der Waals surface area contributed by atoms with Gasteiger partial charge in [-0.15, -0.1) is 0 Å². The van der Waals surface area contributed by atoms with Crippen LogP contribution in [0.1, 0.15) is 20.3 Å². The number of benzene rings is 1. The second-order valence-electron chi connectivity index (χ2n) is 3.62. The maximum Gasteiger partial charge on any atom is 0.309 e. The molecule has 4 heteroatoms. The van der Waals surface area contributed by atoms with Crippen molar-refractivity contribution in [1.29, 1.82) is 0 Å². The van der Waals surface area contributed by atoms with Gasteiger partial charge in [0.2, 0.25) is 0 Å². The van der Waals surface area contributed by atoms with E-state index >= 15 is 0 Å². The van der Waals surface area contributed by atoms with Crippen LogP contribution in [-0.4, -0.2) is 25.8 Å². The number of carbonyl (C=O) groups is 1. The lowest BCUT2D eigenvalue weighted by Gasteiger charge is -2.14. The zero-order chi connectivity index (χ0) is 12.7. The molecule has 0 aliphatic rings. The van der Waals surface area contributed by atoms with Gasteiger partial charge in [-0.05, 0) is 26.0 Å². The van der Waals surface area contributed by atoms with Crippen LogP contribution >= 0.6 is 0 Å². The van der Waals surface area contributed by atoms with Crippen molar-refractivity contribution >= 4 is 5.97 Å². The molecule has 0 fully saturated rings. The Balaban J connectivity index is 2.49. The van der Waals surface area contributed by atoms with E-state index in [0.717, 1.165) is 5.75 Å². The Labute approximate surface area is 101 Å². The van der Waals surface area contributed by atoms with E-state index in [9.17, 15) is 4.79 Å². The summed E-state index contributed by atoms with van der Waals surface area (Å²) >= 11 is 0. The molecule has 0 spiro atoms. The predicted molar refractivity (Wildman–Crippen MR) is 64.3 cm³/mol. The highest BCUT2D eigenvalue weighted by molar-refractivity contribution is 5.69. The largest absolute Gasteiger partial charge is 0.497 e. The smallest absolute Gasteiger partial charge is 0.309 e. The van der Waals surface area contributed by atoms with Crippen molar-refractivity contribution in [1.82, 2.24) is 0 Å². The highest BCUT2D eigenvalue weighted by Crippen LogP contribution is 2.20. The zero-order valence-corrected chi connectivity index (χ0v) is 10.4. The number of carbonyl (C=O) groups excluding carboxylic acids is 1. The standard InChI is InChI=1S/C13H18O4/c1-4-16-13(14)8-10(2)17-12-7-5-6-11(9-12)15-3/h5-7,9-10H,4,8H2,1-3H3. The van der Waals surface area contributed by atoms with Gasteiger partial charge in [0.05, 0.1) is 20.1 Å². The van der Waals surface area contributed by atoms with Gasteiger partial charge in [0.15, 0.2) is 0 Å². The topological polar surface area (TPSA) is 44.8 Å². The predicted octanol–water partition coefficient (Wildman–Crippen LogP) is 2.42. The van der Waals surface area contributed by atoms with E-state index in [1.807, 2.05) is 25.1 Å². The summed E-state index contributed by atoms with van der Waals surface area (Å²) in [6, 6.07) is 7.28. The lowest BCUT2D eigenvalue weighted by molar-refractivity contribution is -0.144. The van der Waals surface area contributed by atoms with E-state index in [1.54, 1.807) is 20.1 Å². The van der Waals surface area contributed by atoms with E-state index in [0.29, 0.717) is 12.4 Å². The first-order valence-corrected chi connectivity index (χ1v) is 5.62. The molecular formula is C13H18O4. The molecular weight excluding hydrogens is 220 g/mol. The minimum absolute atomic E-state index is 0.221. The molecule has 94 valence electrons. The van der Waals surface area contributed by atoms with Crippen LogP contribution in [0.15, 0.2) is 24.3 Å². The Morgan fingerprint density at radius 2 is 2.06 bits per heavy atom. The monoisotopic (exact) mass is 238 g/mol. The fraction of sp³-hybridized carbons (Fsp3) is 0.462. The molecule has 0 N–H and O–H groups in total. The Kier molecular flexibility index (Phi) is 5.33. The number of rotatable bonds is 6. The van der Waals surface area contributed by atoms with Crippen molar-refractivity contribution in [3.63, 3.8) is 0 Å². The summed E-state index contributed by atoms with van der Waals surface area (Å²) in [5, 5.41) is 0. The fourth-order valence-corrected chi connectivity index (χ4v) is 1.40. The highest BCUT2D eigenvalue weighted by Gasteiger charge is 2.11. The number of hydrogen-bond acceptors (Lipinski definition) is 4. The van der Waals surface area contributed by atoms with E-state index in [2.05, 4.69) is 0 Å². The quantitative estimate of drug-likeness (QED) is 0.714.